The van der Waals surface area contributed by atoms with E-state index in [4.69, 9.17) is 0 Å². The van der Waals surface area contributed by atoms with Gasteiger partial charge in [0.1, 0.15) is 0 Å². The molecule has 8 heteroatoms. The summed E-state index contributed by atoms with van der Waals surface area (Å²) in [7, 11) is 0. The molecule has 0 unspecified atom stereocenters. The van der Waals surface area contributed by atoms with Crippen LogP contribution in [-0.4, -0.2) is 18.3 Å². The van der Waals surface area contributed by atoms with Crippen LogP contribution in [0.2, 0.25) is 0 Å². The van der Waals surface area contributed by atoms with Crippen LogP contribution in [0.5, 0.6) is 0 Å². The van der Waals surface area contributed by atoms with Gasteiger partial charge in [-0.05, 0) is 6.07 Å². The zero-order chi connectivity index (χ0) is 13.8. The molecule has 0 atom stereocenters. The minimum absolute atomic E-state index is 0.585. The Morgan fingerprint density at radius 2 is 1.44 bits per heavy atom. The van der Waals surface area contributed by atoms with Gasteiger partial charge in [0.2, 0.25) is 0 Å². The lowest BCUT2D eigenvalue weighted by Gasteiger charge is -2.32. The largest absolute Gasteiger partial charge is 0.442 e. The predicted octanol–water partition coefficient (Wildman–Crippen LogP) is 3.18. The first kappa shape index (κ1) is 12.7. The van der Waals surface area contributed by atoms with E-state index in [2.05, 4.69) is 4.74 Å². The standard InChI is InChI=1S/C10H4F6O2/c11-9(12,13)8(10(14,15)16)6-4-2-1-3-5(6)7(17)18-8/h1-4H. The highest BCUT2D eigenvalue weighted by Crippen LogP contribution is 2.56. The summed E-state index contributed by atoms with van der Waals surface area (Å²) in [6.45, 7) is 0. The molecule has 0 amide bonds. The molecule has 98 valence electrons. The number of fused-ring (bicyclic) bond motifs is 1. The van der Waals surface area contributed by atoms with Crippen molar-refractivity contribution in [2.24, 2.45) is 0 Å². The fourth-order valence-electron chi connectivity index (χ4n) is 1.80. The van der Waals surface area contributed by atoms with Gasteiger partial charge in [-0.3, -0.25) is 0 Å². The summed E-state index contributed by atoms with van der Waals surface area (Å²) in [6, 6.07) is 3.58. The number of hydrogen-bond acceptors (Lipinski definition) is 2. The quantitative estimate of drug-likeness (QED) is 0.534. The minimum Gasteiger partial charge on any atom is -0.431 e. The van der Waals surface area contributed by atoms with Gasteiger partial charge >= 0.3 is 23.9 Å². The number of halogens is 6. The van der Waals surface area contributed by atoms with Crippen LogP contribution in [0.4, 0.5) is 26.3 Å². The molecule has 0 aliphatic carbocycles. The van der Waals surface area contributed by atoms with E-state index in [1.54, 1.807) is 0 Å². The molecule has 0 spiro atoms. The molecule has 0 radical (unpaired) electrons. The molecular weight excluding hydrogens is 266 g/mol. The van der Waals surface area contributed by atoms with Crippen LogP contribution < -0.4 is 0 Å². The molecule has 1 heterocycles. The number of carbonyl (C=O) groups is 1. The van der Waals surface area contributed by atoms with E-state index in [9.17, 15) is 31.1 Å². The van der Waals surface area contributed by atoms with Gasteiger partial charge in [0, 0.05) is 5.56 Å². The van der Waals surface area contributed by atoms with E-state index in [0.717, 1.165) is 18.2 Å². The Morgan fingerprint density at radius 1 is 0.944 bits per heavy atom. The first-order valence-electron chi connectivity index (χ1n) is 4.57. The van der Waals surface area contributed by atoms with Crippen LogP contribution in [0.15, 0.2) is 24.3 Å². The lowest BCUT2D eigenvalue weighted by molar-refractivity contribution is -0.369. The van der Waals surface area contributed by atoms with Gasteiger partial charge in [-0.1, -0.05) is 18.2 Å². The van der Waals surface area contributed by atoms with Gasteiger partial charge in [0.05, 0.1) is 5.56 Å². The lowest BCUT2D eigenvalue weighted by Crippen LogP contribution is -2.54. The molecular formula is C10H4F6O2. The topological polar surface area (TPSA) is 26.3 Å². The summed E-state index contributed by atoms with van der Waals surface area (Å²) >= 11 is 0. The van der Waals surface area contributed by atoms with Crippen LogP contribution in [0, 0.1) is 0 Å². The number of hydrogen-bond donors (Lipinski definition) is 0. The van der Waals surface area contributed by atoms with E-state index in [1.807, 2.05) is 0 Å². The normalized spacial score (nSPS) is 18.4. The predicted molar refractivity (Wildman–Crippen MR) is 45.6 cm³/mol. The Labute approximate surface area is 96.2 Å². The van der Waals surface area contributed by atoms with Crippen LogP contribution in [-0.2, 0) is 10.3 Å². The molecule has 2 rings (SSSR count). The monoisotopic (exact) mass is 270 g/mol. The van der Waals surface area contributed by atoms with Gasteiger partial charge in [-0.2, -0.15) is 26.3 Å². The summed E-state index contributed by atoms with van der Waals surface area (Å²) in [5.74, 6) is -1.64. The lowest BCUT2D eigenvalue weighted by atomic mass is 9.91. The zero-order valence-electron chi connectivity index (χ0n) is 8.39. The zero-order valence-corrected chi connectivity index (χ0v) is 8.39. The van der Waals surface area contributed by atoms with E-state index in [1.165, 1.54) is 0 Å². The maximum atomic E-state index is 12.8. The fraction of sp³-hybridized carbons (Fsp3) is 0.300. The third-order valence-corrected chi connectivity index (χ3v) is 2.57. The molecule has 1 aliphatic rings. The molecule has 18 heavy (non-hydrogen) atoms. The summed E-state index contributed by atoms with van der Waals surface area (Å²) in [5, 5.41) is 0. The van der Waals surface area contributed by atoms with Crippen molar-refractivity contribution in [1.29, 1.82) is 0 Å². The third kappa shape index (κ3) is 1.41. The van der Waals surface area contributed by atoms with Crippen molar-refractivity contribution in [3.8, 4) is 0 Å². The van der Waals surface area contributed by atoms with Crippen LogP contribution in [0.1, 0.15) is 15.9 Å². The van der Waals surface area contributed by atoms with Crippen molar-refractivity contribution >= 4 is 5.97 Å². The first-order chi connectivity index (χ1) is 8.11. The van der Waals surface area contributed by atoms with Crippen molar-refractivity contribution in [3.05, 3.63) is 35.4 Å². The van der Waals surface area contributed by atoms with Crippen molar-refractivity contribution in [3.63, 3.8) is 0 Å². The number of alkyl halides is 6. The fourth-order valence-corrected chi connectivity index (χ4v) is 1.80. The SMILES string of the molecule is O=C1OC(C(F)(F)F)(C(F)(F)F)c2ccccc21. The van der Waals surface area contributed by atoms with Crippen molar-refractivity contribution in [2.45, 2.75) is 18.0 Å². The van der Waals surface area contributed by atoms with Crippen molar-refractivity contribution < 1.29 is 35.9 Å². The highest BCUT2D eigenvalue weighted by Gasteiger charge is 2.78. The highest BCUT2D eigenvalue weighted by molar-refractivity contribution is 5.95. The summed E-state index contributed by atoms with van der Waals surface area (Å²) in [6.07, 6.45) is -11.6. The Bertz CT molecular complexity index is 488. The van der Waals surface area contributed by atoms with Crippen molar-refractivity contribution in [1.82, 2.24) is 0 Å². The number of benzene rings is 1. The van der Waals surface area contributed by atoms with Crippen LogP contribution >= 0.6 is 0 Å². The van der Waals surface area contributed by atoms with Gasteiger partial charge in [-0.25, -0.2) is 4.79 Å². The van der Waals surface area contributed by atoms with Gasteiger partial charge in [0.25, 0.3) is 0 Å². The summed E-state index contributed by atoms with van der Waals surface area (Å²) in [4.78, 5) is 11.2. The minimum atomic E-state index is -5.78. The van der Waals surface area contributed by atoms with E-state index in [0.29, 0.717) is 6.07 Å². The Balaban J connectivity index is 2.78. The number of esters is 1. The van der Waals surface area contributed by atoms with Gasteiger partial charge < -0.3 is 4.74 Å². The van der Waals surface area contributed by atoms with Crippen LogP contribution in [0.3, 0.4) is 0 Å². The average molecular weight is 270 g/mol. The van der Waals surface area contributed by atoms with E-state index >= 15 is 0 Å². The van der Waals surface area contributed by atoms with Crippen LogP contribution in [0.25, 0.3) is 0 Å². The molecule has 0 fully saturated rings. The third-order valence-electron chi connectivity index (χ3n) is 2.57. The van der Waals surface area contributed by atoms with Gasteiger partial charge in [0.15, 0.2) is 0 Å². The summed E-state index contributed by atoms with van der Waals surface area (Å²) in [5.41, 5.74) is -6.53. The number of rotatable bonds is 0. The molecule has 0 bridgehead atoms. The molecule has 0 saturated carbocycles. The molecule has 1 aliphatic heterocycles. The number of cyclic esters (lactones) is 1. The molecule has 0 saturated heterocycles. The second-order valence-electron chi connectivity index (χ2n) is 3.61. The smallest absolute Gasteiger partial charge is 0.431 e. The average Bonchev–Trinajstić information content (AvgIpc) is 2.52. The molecule has 1 aromatic carbocycles. The second kappa shape index (κ2) is 3.39. The Hall–Kier alpha value is -1.73. The van der Waals surface area contributed by atoms with Crippen molar-refractivity contribution in [2.75, 3.05) is 0 Å². The summed E-state index contributed by atoms with van der Waals surface area (Å²) < 4.78 is 80.3. The van der Waals surface area contributed by atoms with E-state index in [-0.39, 0.29) is 0 Å². The molecule has 2 nitrogen and oxygen atoms in total. The first-order valence-corrected chi connectivity index (χ1v) is 4.57. The van der Waals surface area contributed by atoms with Gasteiger partial charge in [-0.15, -0.1) is 0 Å². The Morgan fingerprint density at radius 3 is 1.94 bits per heavy atom. The Kier molecular flexibility index (Phi) is 2.40. The highest BCUT2D eigenvalue weighted by atomic mass is 19.4. The molecule has 0 aromatic heterocycles. The molecule has 0 N–H and O–H groups in total. The number of carbonyl (C=O) groups excluding carboxylic acids is 1. The second-order valence-corrected chi connectivity index (χ2v) is 3.61. The maximum Gasteiger partial charge on any atom is 0.442 e. The number of ether oxygens (including phenoxy) is 1. The van der Waals surface area contributed by atoms with E-state index < -0.39 is 35.0 Å². The maximum absolute atomic E-state index is 12.8. The molecule has 1 aromatic rings.